The van der Waals surface area contributed by atoms with Crippen molar-refractivity contribution in [1.82, 2.24) is 14.0 Å². The largest absolute Gasteiger partial charge is 0.477 e. The number of aliphatic hydroxyl groups excluding tert-OH is 1. The van der Waals surface area contributed by atoms with E-state index >= 15 is 0 Å². The summed E-state index contributed by atoms with van der Waals surface area (Å²) in [4.78, 5) is 39.8. The molecule has 1 aromatic heterocycles. The number of carboxylic acids is 1. The second-order valence-electron chi connectivity index (χ2n) is 9.00. The van der Waals surface area contributed by atoms with E-state index < -0.39 is 41.6 Å². The summed E-state index contributed by atoms with van der Waals surface area (Å²) in [5.41, 5.74) is -0.0305. The highest BCUT2D eigenvalue weighted by Crippen LogP contribution is 2.44. The minimum absolute atomic E-state index is 0.0110. The lowest BCUT2D eigenvalue weighted by Crippen LogP contribution is -2.55. The SMILES string of the molecule is CCn1c(=O)n(C)c2ccc(N3C=C(C(=O)O)C(=O)N([C@@H]4CCc5c4cccc5C(F)(F)F)C3O)cc21. The first-order chi connectivity index (χ1) is 17.5. The molecule has 2 N–H and O–H groups in total. The maximum absolute atomic E-state index is 13.6. The molecule has 2 atom stereocenters. The molecule has 37 heavy (non-hydrogen) atoms. The number of hydrogen-bond donors (Lipinski definition) is 2. The molecule has 1 amide bonds. The van der Waals surface area contributed by atoms with Crippen LogP contribution in [-0.2, 0) is 35.8 Å². The van der Waals surface area contributed by atoms with Gasteiger partial charge in [0.2, 0.25) is 6.35 Å². The fourth-order valence-electron chi connectivity index (χ4n) is 5.35. The van der Waals surface area contributed by atoms with Crippen molar-refractivity contribution in [3.05, 3.63) is 75.3 Å². The molecule has 1 unspecified atom stereocenters. The van der Waals surface area contributed by atoms with Crippen molar-refractivity contribution >= 4 is 28.6 Å². The molecule has 2 heterocycles. The van der Waals surface area contributed by atoms with Crippen LogP contribution in [-0.4, -0.2) is 42.5 Å². The smallest absolute Gasteiger partial charge is 0.416 e. The molecule has 0 fully saturated rings. The summed E-state index contributed by atoms with van der Waals surface area (Å²) >= 11 is 0. The van der Waals surface area contributed by atoms with Gasteiger partial charge < -0.3 is 15.1 Å². The van der Waals surface area contributed by atoms with Gasteiger partial charge in [0.05, 0.1) is 22.6 Å². The average Bonchev–Trinajstić information content (AvgIpc) is 3.37. The first-order valence-electron chi connectivity index (χ1n) is 11.6. The van der Waals surface area contributed by atoms with Gasteiger partial charge in [-0.3, -0.25) is 18.8 Å². The number of imidazole rings is 1. The van der Waals surface area contributed by atoms with Gasteiger partial charge in [0.1, 0.15) is 5.57 Å². The van der Waals surface area contributed by atoms with Crippen molar-refractivity contribution < 1.29 is 33.0 Å². The number of carbonyl (C=O) groups excluding carboxylic acids is 1. The Morgan fingerprint density at radius 2 is 1.86 bits per heavy atom. The molecule has 2 aliphatic rings. The van der Waals surface area contributed by atoms with Gasteiger partial charge in [0.15, 0.2) is 0 Å². The molecule has 1 aliphatic heterocycles. The molecule has 3 aromatic rings. The minimum Gasteiger partial charge on any atom is -0.477 e. The van der Waals surface area contributed by atoms with Gasteiger partial charge in [0.25, 0.3) is 5.91 Å². The lowest BCUT2D eigenvalue weighted by molar-refractivity contribution is -0.147. The number of aromatic nitrogens is 2. The Kier molecular flexibility index (Phi) is 5.66. The first-order valence-corrected chi connectivity index (χ1v) is 11.6. The Balaban J connectivity index is 1.63. The van der Waals surface area contributed by atoms with E-state index in [-0.39, 0.29) is 29.7 Å². The molecule has 194 valence electrons. The van der Waals surface area contributed by atoms with Gasteiger partial charge in [-0.1, -0.05) is 12.1 Å². The second-order valence-corrected chi connectivity index (χ2v) is 9.00. The number of rotatable bonds is 4. The quantitative estimate of drug-likeness (QED) is 0.517. The predicted octanol–water partition coefficient (Wildman–Crippen LogP) is 2.96. The van der Waals surface area contributed by atoms with Gasteiger partial charge in [-0.2, -0.15) is 13.2 Å². The molecule has 12 heteroatoms. The molecule has 0 spiro atoms. The number of aliphatic carboxylic acids is 1. The Morgan fingerprint density at radius 1 is 1.14 bits per heavy atom. The molecule has 1 aliphatic carbocycles. The number of nitrogens with zero attached hydrogens (tertiary/aromatic N) is 4. The van der Waals surface area contributed by atoms with Crippen LogP contribution in [0, 0.1) is 0 Å². The lowest BCUT2D eigenvalue weighted by Gasteiger charge is -2.42. The van der Waals surface area contributed by atoms with Crippen LogP contribution in [0.25, 0.3) is 11.0 Å². The molecule has 0 saturated carbocycles. The number of amides is 1. The standard InChI is InChI=1S/C25H23F3N4O5/c1-3-30-20-11-13(7-9-19(20)29(2)23(30)36)31-12-16(22(34)35)21(33)32(24(31)37)18-10-8-14-15(18)5-4-6-17(14)25(26,27)28/h4-7,9,11-12,18,24,37H,3,8,10H2,1-2H3,(H,34,35)/t18-,24?/m1/s1. The number of carbonyl (C=O) groups is 2. The average molecular weight is 516 g/mol. The van der Waals surface area contributed by atoms with Crippen LogP contribution in [0.3, 0.4) is 0 Å². The Morgan fingerprint density at radius 3 is 2.51 bits per heavy atom. The normalized spacial score (nSPS) is 19.9. The summed E-state index contributed by atoms with van der Waals surface area (Å²) in [7, 11) is 1.61. The molecular weight excluding hydrogens is 493 g/mol. The number of benzene rings is 2. The second kappa shape index (κ2) is 8.51. The Hall–Kier alpha value is -4.06. The zero-order chi connectivity index (χ0) is 26.8. The molecule has 0 radical (unpaired) electrons. The van der Waals surface area contributed by atoms with Gasteiger partial charge in [0, 0.05) is 25.5 Å². The predicted molar refractivity (Wildman–Crippen MR) is 126 cm³/mol. The number of halogens is 3. The third-order valence-electron chi connectivity index (χ3n) is 7.08. The van der Waals surface area contributed by atoms with Gasteiger partial charge in [-0.05, 0) is 55.2 Å². The summed E-state index contributed by atoms with van der Waals surface area (Å²) in [6.45, 7) is 2.15. The number of aryl methyl sites for hydroxylation is 2. The molecule has 0 bridgehead atoms. The highest BCUT2D eigenvalue weighted by molar-refractivity contribution is 6.16. The Bertz CT molecular complexity index is 1540. The fourth-order valence-corrected chi connectivity index (χ4v) is 5.35. The third-order valence-corrected chi connectivity index (χ3v) is 7.08. The molecule has 5 rings (SSSR count). The van der Waals surface area contributed by atoms with Crippen LogP contribution in [0.1, 0.15) is 36.1 Å². The number of anilines is 1. The highest BCUT2D eigenvalue weighted by Gasteiger charge is 2.45. The van der Waals surface area contributed by atoms with E-state index in [0.717, 1.165) is 17.2 Å². The van der Waals surface area contributed by atoms with Crippen molar-refractivity contribution in [2.45, 2.75) is 44.9 Å². The summed E-state index contributed by atoms with van der Waals surface area (Å²) in [6, 6.07) is 7.49. The van der Waals surface area contributed by atoms with Gasteiger partial charge in [-0.15, -0.1) is 0 Å². The topological polar surface area (TPSA) is 108 Å². The van der Waals surface area contributed by atoms with Crippen molar-refractivity contribution in [3.8, 4) is 0 Å². The van der Waals surface area contributed by atoms with E-state index in [0.29, 0.717) is 23.3 Å². The van der Waals surface area contributed by atoms with Crippen molar-refractivity contribution in [1.29, 1.82) is 0 Å². The van der Waals surface area contributed by atoms with Crippen molar-refractivity contribution in [2.24, 2.45) is 7.05 Å². The molecule has 2 aromatic carbocycles. The van der Waals surface area contributed by atoms with Gasteiger partial charge >= 0.3 is 17.8 Å². The fraction of sp³-hybridized carbons (Fsp3) is 0.320. The maximum Gasteiger partial charge on any atom is 0.416 e. The first kappa shape index (κ1) is 24.6. The van der Waals surface area contributed by atoms with E-state index in [1.165, 1.54) is 26.2 Å². The summed E-state index contributed by atoms with van der Waals surface area (Å²) in [6.07, 6.45) is -5.20. The zero-order valence-electron chi connectivity index (χ0n) is 19.9. The van der Waals surface area contributed by atoms with Crippen LogP contribution in [0.5, 0.6) is 0 Å². The van der Waals surface area contributed by atoms with Crippen LogP contribution in [0.15, 0.2) is 53.0 Å². The molecule has 9 nitrogen and oxygen atoms in total. The minimum atomic E-state index is -4.59. The highest BCUT2D eigenvalue weighted by atomic mass is 19.4. The summed E-state index contributed by atoms with van der Waals surface area (Å²) in [5, 5.41) is 21.1. The monoisotopic (exact) mass is 516 g/mol. The van der Waals surface area contributed by atoms with Crippen LogP contribution < -0.4 is 10.6 Å². The van der Waals surface area contributed by atoms with E-state index in [1.54, 1.807) is 32.2 Å². The lowest BCUT2D eigenvalue weighted by atomic mass is 10.0. The maximum atomic E-state index is 13.6. The number of fused-ring (bicyclic) bond motifs is 2. The Labute approximate surface area is 208 Å². The number of aliphatic hydroxyl groups is 1. The van der Waals surface area contributed by atoms with Crippen LogP contribution in [0.2, 0.25) is 0 Å². The van der Waals surface area contributed by atoms with Crippen LogP contribution in [0.4, 0.5) is 18.9 Å². The van der Waals surface area contributed by atoms with Crippen molar-refractivity contribution in [2.75, 3.05) is 4.90 Å². The molecular formula is C25H23F3N4O5. The number of carboxylic acid groups (broad SMARTS) is 1. The van der Waals surface area contributed by atoms with Gasteiger partial charge in [-0.25, -0.2) is 9.59 Å². The van der Waals surface area contributed by atoms with E-state index in [9.17, 15) is 37.8 Å². The van der Waals surface area contributed by atoms with E-state index in [1.807, 2.05) is 0 Å². The van der Waals surface area contributed by atoms with Crippen molar-refractivity contribution in [3.63, 3.8) is 0 Å². The zero-order valence-corrected chi connectivity index (χ0v) is 19.9. The van der Waals surface area contributed by atoms with Crippen LogP contribution >= 0.6 is 0 Å². The number of hydrogen-bond acceptors (Lipinski definition) is 5. The summed E-state index contributed by atoms with van der Waals surface area (Å²) in [5.74, 6) is -2.54. The summed E-state index contributed by atoms with van der Waals surface area (Å²) < 4.78 is 43.7. The number of alkyl halides is 3. The third kappa shape index (κ3) is 3.70. The van der Waals surface area contributed by atoms with E-state index in [2.05, 4.69) is 0 Å². The molecule has 0 saturated heterocycles. The van der Waals surface area contributed by atoms with E-state index in [4.69, 9.17) is 0 Å².